The summed E-state index contributed by atoms with van der Waals surface area (Å²) in [6.45, 7) is 16.6. The van der Waals surface area contributed by atoms with E-state index in [1.807, 2.05) is 0 Å². The Balaban J connectivity index is 3.59. The third-order valence-corrected chi connectivity index (χ3v) is 4.61. The zero-order valence-electron chi connectivity index (χ0n) is 17.4. The lowest BCUT2D eigenvalue weighted by Gasteiger charge is -2.46. The summed E-state index contributed by atoms with van der Waals surface area (Å²) in [5.41, 5.74) is 0.324. The predicted octanol–water partition coefficient (Wildman–Crippen LogP) is 4.13. The molecule has 1 N–H and O–H groups in total. The molecule has 0 spiro atoms. The molecule has 146 valence electrons. The van der Waals surface area contributed by atoms with Gasteiger partial charge in [0.1, 0.15) is 6.17 Å². The highest BCUT2D eigenvalue weighted by molar-refractivity contribution is 6.08. The van der Waals surface area contributed by atoms with Gasteiger partial charge in [-0.05, 0) is 61.5 Å². The van der Waals surface area contributed by atoms with E-state index in [0.717, 1.165) is 0 Å². The molecule has 0 amide bonds. The summed E-state index contributed by atoms with van der Waals surface area (Å²) in [5.74, 6) is -1.23. The molecule has 0 aliphatic carbocycles. The number of ketones is 1. The zero-order chi connectivity index (χ0) is 20.2. The van der Waals surface area contributed by atoms with E-state index in [1.165, 1.54) is 6.07 Å². The maximum absolute atomic E-state index is 13.6. The van der Waals surface area contributed by atoms with Crippen molar-refractivity contribution in [3.63, 3.8) is 0 Å². The molecule has 0 bridgehead atoms. The van der Waals surface area contributed by atoms with Crippen LogP contribution in [-0.2, 0) is 0 Å². The van der Waals surface area contributed by atoms with E-state index in [4.69, 9.17) is 0 Å². The smallest absolute Gasteiger partial charge is 0.336 e. The van der Waals surface area contributed by atoms with Crippen molar-refractivity contribution >= 4 is 11.8 Å². The van der Waals surface area contributed by atoms with E-state index in [1.54, 1.807) is 18.2 Å². The van der Waals surface area contributed by atoms with Crippen LogP contribution in [0.3, 0.4) is 0 Å². The van der Waals surface area contributed by atoms with Crippen LogP contribution in [-0.4, -0.2) is 57.0 Å². The standard InChI is InChI=1S/C21H34N2O3/c1-13(2)22(14(3)4)20(23(15(5)6)16(7)8)19(24)17-11-9-10-12-18(17)21(25)26/h9-16,20H,1-8H3,(H,25,26). The normalized spacial score (nSPS) is 12.4. The number of carbonyl (C=O) groups is 2. The third-order valence-electron chi connectivity index (χ3n) is 4.61. The monoisotopic (exact) mass is 362 g/mol. The Morgan fingerprint density at radius 2 is 1.08 bits per heavy atom. The van der Waals surface area contributed by atoms with Crippen molar-refractivity contribution in [2.45, 2.75) is 85.7 Å². The fourth-order valence-corrected chi connectivity index (χ4v) is 3.77. The van der Waals surface area contributed by atoms with Crippen LogP contribution < -0.4 is 0 Å². The molecule has 0 aliphatic rings. The third kappa shape index (κ3) is 4.92. The molecule has 0 heterocycles. The Labute approximate surface area is 158 Å². The summed E-state index contributed by atoms with van der Waals surface area (Å²) >= 11 is 0. The average Bonchev–Trinajstić information content (AvgIpc) is 2.52. The minimum atomic E-state index is -1.08. The van der Waals surface area contributed by atoms with E-state index in [-0.39, 0.29) is 41.1 Å². The molecule has 0 aromatic heterocycles. The van der Waals surface area contributed by atoms with Gasteiger partial charge in [-0.15, -0.1) is 0 Å². The molecule has 0 unspecified atom stereocenters. The van der Waals surface area contributed by atoms with Gasteiger partial charge in [-0.25, -0.2) is 4.79 Å². The molecule has 1 rings (SSSR count). The Hall–Kier alpha value is -1.72. The molecule has 0 saturated carbocycles. The lowest BCUT2D eigenvalue weighted by molar-refractivity contribution is -0.0213. The summed E-state index contributed by atoms with van der Waals surface area (Å²) < 4.78 is 0. The molecule has 1 aromatic carbocycles. The van der Waals surface area contributed by atoms with Gasteiger partial charge in [0.25, 0.3) is 0 Å². The quantitative estimate of drug-likeness (QED) is 0.529. The SMILES string of the molecule is CC(C)N(C(C)C)C(C(=O)c1ccccc1C(=O)O)N(C(C)C)C(C)C. The number of aromatic carboxylic acids is 1. The number of Topliss-reactive ketones (excluding diaryl/α,β-unsaturated/α-hetero) is 1. The lowest BCUT2D eigenvalue weighted by Crippen LogP contribution is -2.61. The van der Waals surface area contributed by atoms with Gasteiger partial charge < -0.3 is 5.11 Å². The summed E-state index contributed by atoms with van der Waals surface area (Å²) in [7, 11) is 0. The van der Waals surface area contributed by atoms with Crippen LogP contribution in [0.4, 0.5) is 0 Å². The number of rotatable bonds is 9. The zero-order valence-corrected chi connectivity index (χ0v) is 17.4. The van der Waals surface area contributed by atoms with Crippen LogP contribution in [0.25, 0.3) is 0 Å². The van der Waals surface area contributed by atoms with Gasteiger partial charge in [0.05, 0.1) is 5.56 Å². The Kier molecular flexibility index (Phi) is 7.97. The van der Waals surface area contributed by atoms with Crippen LogP contribution in [0.2, 0.25) is 0 Å². The molecule has 5 nitrogen and oxygen atoms in total. The number of nitrogens with zero attached hydrogens (tertiary/aromatic N) is 2. The topological polar surface area (TPSA) is 60.9 Å². The molecule has 0 atom stereocenters. The number of hydrogen-bond donors (Lipinski definition) is 1. The van der Waals surface area contributed by atoms with Crippen LogP contribution in [0, 0.1) is 0 Å². The summed E-state index contributed by atoms with van der Waals surface area (Å²) in [6.07, 6.45) is -0.518. The second-order valence-electron chi connectivity index (χ2n) is 7.86. The fourth-order valence-electron chi connectivity index (χ4n) is 3.77. The highest BCUT2D eigenvalue weighted by Crippen LogP contribution is 2.24. The highest BCUT2D eigenvalue weighted by Gasteiger charge is 2.38. The van der Waals surface area contributed by atoms with Crippen molar-refractivity contribution < 1.29 is 14.7 Å². The van der Waals surface area contributed by atoms with Crippen LogP contribution in [0.15, 0.2) is 24.3 Å². The van der Waals surface area contributed by atoms with Crippen LogP contribution in [0.5, 0.6) is 0 Å². The van der Waals surface area contributed by atoms with Crippen molar-refractivity contribution in [3.8, 4) is 0 Å². The molecule has 1 aromatic rings. The number of carbonyl (C=O) groups excluding carboxylic acids is 1. The van der Waals surface area contributed by atoms with Crippen molar-refractivity contribution in [2.75, 3.05) is 0 Å². The maximum Gasteiger partial charge on any atom is 0.336 e. The second kappa shape index (κ2) is 9.28. The minimum absolute atomic E-state index is 0.0578. The molecular formula is C21H34N2O3. The van der Waals surface area contributed by atoms with E-state index in [0.29, 0.717) is 0 Å². The van der Waals surface area contributed by atoms with Gasteiger partial charge in [0, 0.05) is 29.7 Å². The number of benzene rings is 1. The first-order chi connectivity index (χ1) is 12.0. The van der Waals surface area contributed by atoms with Gasteiger partial charge >= 0.3 is 5.97 Å². The molecular weight excluding hydrogens is 328 g/mol. The summed E-state index contributed by atoms with van der Waals surface area (Å²) in [6, 6.07) is 7.05. The molecule has 0 fully saturated rings. The first-order valence-electron chi connectivity index (χ1n) is 9.42. The minimum Gasteiger partial charge on any atom is -0.478 e. The first kappa shape index (κ1) is 22.3. The Bertz CT molecular complexity index is 587. The second-order valence-corrected chi connectivity index (χ2v) is 7.86. The maximum atomic E-state index is 13.6. The van der Waals surface area contributed by atoms with Gasteiger partial charge in [-0.2, -0.15) is 0 Å². The van der Waals surface area contributed by atoms with Crippen molar-refractivity contribution in [1.29, 1.82) is 0 Å². The van der Waals surface area contributed by atoms with Crippen LogP contribution in [0.1, 0.15) is 76.1 Å². The fraction of sp³-hybridized carbons (Fsp3) is 0.619. The molecule has 0 radical (unpaired) electrons. The molecule has 5 heteroatoms. The number of hydrogen-bond acceptors (Lipinski definition) is 4. The van der Waals surface area contributed by atoms with E-state index >= 15 is 0 Å². The van der Waals surface area contributed by atoms with Crippen molar-refractivity contribution in [3.05, 3.63) is 35.4 Å². The lowest BCUT2D eigenvalue weighted by atomic mass is 9.97. The number of carboxylic acid groups (broad SMARTS) is 1. The number of carboxylic acids is 1. The van der Waals surface area contributed by atoms with Crippen molar-refractivity contribution in [1.82, 2.24) is 9.80 Å². The first-order valence-corrected chi connectivity index (χ1v) is 9.42. The van der Waals surface area contributed by atoms with Gasteiger partial charge in [0.15, 0.2) is 5.78 Å². The summed E-state index contributed by atoms with van der Waals surface area (Å²) in [4.78, 5) is 29.6. The molecule has 0 aliphatic heterocycles. The Morgan fingerprint density at radius 3 is 1.38 bits per heavy atom. The van der Waals surface area contributed by atoms with Crippen molar-refractivity contribution in [2.24, 2.45) is 0 Å². The van der Waals surface area contributed by atoms with E-state index in [9.17, 15) is 14.7 Å². The average molecular weight is 363 g/mol. The van der Waals surface area contributed by atoms with E-state index in [2.05, 4.69) is 65.2 Å². The van der Waals surface area contributed by atoms with Gasteiger partial charge in [-0.1, -0.05) is 18.2 Å². The molecule has 26 heavy (non-hydrogen) atoms. The predicted molar refractivity (Wildman–Crippen MR) is 106 cm³/mol. The van der Waals surface area contributed by atoms with Crippen LogP contribution >= 0.6 is 0 Å². The largest absolute Gasteiger partial charge is 0.478 e. The highest BCUT2D eigenvalue weighted by atomic mass is 16.4. The van der Waals surface area contributed by atoms with Gasteiger partial charge in [0.2, 0.25) is 0 Å². The van der Waals surface area contributed by atoms with E-state index < -0.39 is 12.1 Å². The van der Waals surface area contributed by atoms with Gasteiger partial charge in [-0.3, -0.25) is 14.6 Å². The summed E-state index contributed by atoms with van der Waals surface area (Å²) in [5, 5.41) is 9.53. The molecule has 0 saturated heterocycles. The Morgan fingerprint density at radius 1 is 0.731 bits per heavy atom.